The number of methoxy groups -OCH3 is 1. The molecule has 2 aromatic rings. The van der Waals surface area contributed by atoms with E-state index in [0.717, 1.165) is 73.9 Å². The molecule has 1 N–H and O–H groups in total. The summed E-state index contributed by atoms with van der Waals surface area (Å²) in [4.78, 5) is 15.1. The Hall–Kier alpha value is -2.77. The van der Waals surface area contributed by atoms with Gasteiger partial charge in [0.25, 0.3) is 0 Å². The van der Waals surface area contributed by atoms with Crippen LogP contribution >= 0.6 is 0 Å². The molecule has 1 saturated heterocycles. The normalized spacial score (nSPS) is 23.2. The zero-order valence-electron chi connectivity index (χ0n) is 17.5. The highest BCUT2D eigenvalue weighted by molar-refractivity contribution is 5.75. The molecule has 3 aliphatic rings. The number of carbonyl (C=O) groups is 1. The number of rotatable bonds is 3. The Morgan fingerprint density at radius 1 is 1.20 bits per heavy atom. The molecule has 3 aliphatic heterocycles. The molecule has 4 heterocycles. The fourth-order valence-electron chi connectivity index (χ4n) is 4.94. The van der Waals surface area contributed by atoms with E-state index in [2.05, 4.69) is 20.1 Å². The molecule has 160 valence electrons. The van der Waals surface area contributed by atoms with Gasteiger partial charge in [-0.25, -0.2) is 4.79 Å². The van der Waals surface area contributed by atoms with Gasteiger partial charge in [-0.2, -0.15) is 0 Å². The number of benzene rings is 1. The quantitative estimate of drug-likeness (QED) is 0.840. The number of nitrogens with one attached hydrogen (secondary N) is 1. The fourth-order valence-corrected chi connectivity index (χ4v) is 4.94. The smallest absolute Gasteiger partial charge is 0.318 e. The Labute approximate surface area is 176 Å². The molecule has 30 heavy (non-hydrogen) atoms. The Morgan fingerprint density at radius 3 is 3.03 bits per heavy atom. The number of fused-ring (bicyclic) bond motifs is 2. The zero-order valence-corrected chi connectivity index (χ0v) is 17.5. The number of ether oxygens (including phenoxy) is 2. The average Bonchev–Trinajstić information content (AvgIpc) is 3.34. The van der Waals surface area contributed by atoms with Crippen molar-refractivity contribution in [1.29, 1.82) is 0 Å². The van der Waals surface area contributed by atoms with Gasteiger partial charge in [0.1, 0.15) is 12.4 Å². The first-order chi connectivity index (χ1) is 14.7. The van der Waals surface area contributed by atoms with Gasteiger partial charge < -0.3 is 24.3 Å². The summed E-state index contributed by atoms with van der Waals surface area (Å²) < 4.78 is 13.6. The first-order valence-corrected chi connectivity index (χ1v) is 11.0. The Kier molecular flexibility index (Phi) is 5.23. The van der Waals surface area contributed by atoms with Gasteiger partial charge in [-0.05, 0) is 38.2 Å². The molecule has 8 heteroatoms. The largest absolute Gasteiger partial charge is 0.493 e. The number of para-hydroxylation sites is 1. The molecule has 2 unspecified atom stereocenters. The van der Waals surface area contributed by atoms with Crippen LogP contribution in [0.25, 0.3) is 0 Å². The minimum absolute atomic E-state index is 0.00115. The summed E-state index contributed by atoms with van der Waals surface area (Å²) in [5.41, 5.74) is 1.06. The maximum Gasteiger partial charge on any atom is 0.318 e. The highest BCUT2D eigenvalue weighted by atomic mass is 16.5. The topological polar surface area (TPSA) is 81.5 Å². The molecule has 0 spiro atoms. The number of urea groups is 1. The van der Waals surface area contributed by atoms with Crippen LogP contribution in [-0.2, 0) is 19.4 Å². The molecular weight excluding hydrogens is 382 g/mol. The van der Waals surface area contributed by atoms with Crippen LogP contribution in [0, 0.1) is 0 Å². The van der Waals surface area contributed by atoms with Crippen molar-refractivity contribution in [3.63, 3.8) is 0 Å². The van der Waals surface area contributed by atoms with Gasteiger partial charge in [0, 0.05) is 25.1 Å². The molecule has 0 radical (unpaired) electrons. The van der Waals surface area contributed by atoms with E-state index in [-0.39, 0.29) is 18.1 Å². The minimum Gasteiger partial charge on any atom is -0.493 e. The third-order valence-electron chi connectivity index (χ3n) is 6.45. The fraction of sp³-hybridized carbons (Fsp3) is 0.591. The Morgan fingerprint density at radius 2 is 2.13 bits per heavy atom. The lowest BCUT2D eigenvalue weighted by atomic mass is 10.0. The summed E-state index contributed by atoms with van der Waals surface area (Å²) in [7, 11) is 1.64. The lowest BCUT2D eigenvalue weighted by Crippen LogP contribution is -2.49. The monoisotopic (exact) mass is 411 g/mol. The van der Waals surface area contributed by atoms with Gasteiger partial charge in [0.2, 0.25) is 0 Å². The molecule has 0 saturated carbocycles. The number of nitrogens with zero attached hydrogens (tertiary/aromatic N) is 4. The number of aromatic nitrogens is 3. The number of aryl methyl sites for hydroxylation is 1. The van der Waals surface area contributed by atoms with Crippen LogP contribution in [0.4, 0.5) is 4.79 Å². The molecule has 0 bridgehead atoms. The molecule has 1 fully saturated rings. The lowest BCUT2D eigenvalue weighted by molar-refractivity contribution is 0.172. The van der Waals surface area contributed by atoms with E-state index in [1.54, 1.807) is 7.11 Å². The molecule has 1 aromatic heterocycles. The van der Waals surface area contributed by atoms with Crippen molar-refractivity contribution >= 4 is 6.03 Å². The van der Waals surface area contributed by atoms with E-state index in [1.165, 1.54) is 12.8 Å². The van der Waals surface area contributed by atoms with Crippen LogP contribution in [0.2, 0.25) is 0 Å². The molecular formula is C22H29N5O3. The number of carbonyl (C=O) groups excluding carboxylic acids is 1. The van der Waals surface area contributed by atoms with Crippen LogP contribution in [-0.4, -0.2) is 52.0 Å². The number of amides is 2. The molecule has 0 aliphatic carbocycles. The van der Waals surface area contributed by atoms with Crippen LogP contribution in [0.3, 0.4) is 0 Å². The summed E-state index contributed by atoms with van der Waals surface area (Å²) in [6, 6.07) is 5.78. The molecule has 2 atom stereocenters. The summed E-state index contributed by atoms with van der Waals surface area (Å²) in [6.07, 6.45) is 7.19. The van der Waals surface area contributed by atoms with Crippen molar-refractivity contribution < 1.29 is 14.3 Å². The van der Waals surface area contributed by atoms with E-state index >= 15 is 0 Å². The highest BCUT2D eigenvalue weighted by Gasteiger charge is 2.36. The van der Waals surface area contributed by atoms with E-state index in [0.29, 0.717) is 6.61 Å². The van der Waals surface area contributed by atoms with Gasteiger partial charge in [-0.1, -0.05) is 18.6 Å². The zero-order chi connectivity index (χ0) is 20.5. The SMILES string of the molecule is COc1cccc2c1OCC(NC(=O)N1CCCC1c1nnc3n1CCCCC3)C2. The molecule has 5 rings (SSSR count). The Balaban J connectivity index is 1.29. The van der Waals surface area contributed by atoms with E-state index in [1.807, 2.05) is 23.1 Å². The first-order valence-electron chi connectivity index (χ1n) is 11.0. The van der Waals surface area contributed by atoms with Crippen LogP contribution in [0.1, 0.15) is 55.4 Å². The number of hydrogen-bond donors (Lipinski definition) is 1. The van der Waals surface area contributed by atoms with Crippen molar-refractivity contribution in [1.82, 2.24) is 25.0 Å². The van der Waals surface area contributed by atoms with Gasteiger partial charge in [0.05, 0.1) is 19.2 Å². The van der Waals surface area contributed by atoms with E-state index in [9.17, 15) is 4.79 Å². The maximum absolute atomic E-state index is 13.2. The first kappa shape index (κ1) is 19.2. The van der Waals surface area contributed by atoms with Gasteiger partial charge in [0.15, 0.2) is 17.3 Å². The number of likely N-dealkylation sites (tertiary alicyclic amines) is 1. The van der Waals surface area contributed by atoms with Crippen molar-refractivity contribution in [2.75, 3.05) is 20.3 Å². The lowest BCUT2D eigenvalue weighted by Gasteiger charge is -2.30. The minimum atomic E-state index is -0.0612. The van der Waals surface area contributed by atoms with Crippen LogP contribution in [0.5, 0.6) is 11.5 Å². The van der Waals surface area contributed by atoms with Gasteiger partial charge in [-0.15, -0.1) is 10.2 Å². The second-order valence-corrected chi connectivity index (χ2v) is 8.40. The summed E-state index contributed by atoms with van der Waals surface area (Å²) >= 11 is 0. The summed E-state index contributed by atoms with van der Waals surface area (Å²) in [5, 5.41) is 12.1. The number of hydrogen-bond acceptors (Lipinski definition) is 5. The van der Waals surface area contributed by atoms with Crippen LogP contribution in [0.15, 0.2) is 18.2 Å². The third-order valence-corrected chi connectivity index (χ3v) is 6.45. The van der Waals surface area contributed by atoms with E-state index < -0.39 is 0 Å². The van der Waals surface area contributed by atoms with Crippen molar-refractivity contribution in [2.24, 2.45) is 0 Å². The van der Waals surface area contributed by atoms with Crippen molar-refractivity contribution in [3.8, 4) is 11.5 Å². The predicted molar refractivity (Wildman–Crippen MR) is 111 cm³/mol. The van der Waals surface area contributed by atoms with Crippen molar-refractivity contribution in [2.45, 2.75) is 63.6 Å². The van der Waals surface area contributed by atoms with Gasteiger partial charge >= 0.3 is 6.03 Å². The van der Waals surface area contributed by atoms with E-state index in [4.69, 9.17) is 9.47 Å². The molecule has 2 amide bonds. The highest BCUT2D eigenvalue weighted by Crippen LogP contribution is 2.35. The molecule has 8 nitrogen and oxygen atoms in total. The van der Waals surface area contributed by atoms with Gasteiger partial charge in [-0.3, -0.25) is 0 Å². The summed E-state index contributed by atoms with van der Waals surface area (Å²) in [6.45, 7) is 2.15. The standard InChI is InChI=1S/C22H29N5O3/c1-29-18-9-5-7-15-13-16(14-30-20(15)18)23-22(28)26-12-6-8-17(26)21-25-24-19-10-3-2-4-11-27(19)21/h5,7,9,16-17H,2-4,6,8,10-14H2,1H3,(H,23,28). The summed E-state index contributed by atoms with van der Waals surface area (Å²) in [5.74, 6) is 3.55. The predicted octanol–water partition coefficient (Wildman–Crippen LogP) is 2.86. The molecule has 1 aromatic carbocycles. The Bertz CT molecular complexity index is 927. The van der Waals surface area contributed by atoms with Crippen LogP contribution < -0.4 is 14.8 Å². The third kappa shape index (κ3) is 3.48. The maximum atomic E-state index is 13.2. The second-order valence-electron chi connectivity index (χ2n) is 8.40. The average molecular weight is 412 g/mol. The van der Waals surface area contributed by atoms with Crippen molar-refractivity contribution in [3.05, 3.63) is 35.4 Å². The second kappa shape index (κ2) is 8.16.